The number of aromatic nitrogens is 3. The minimum atomic E-state index is -0.121. The highest BCUT2D eigenvalue weighted by molar-refractivity contribution is 5.83. The summed E-state index contributed by atoms with van der Waals surface area (Å²) in [4.78, 5) is 30.2. The monoisotopic (exact) mass is 414 g/mol. The third kappa shape index (κ3) is 4.01. The van der Waals surface area contributed by atoms with Gasteiger partial charge in [-0.2, -0.15) is 0 Å². The van der Waals surface area contributed by atoms with E-state index in [1.165, 1.54) is 10.9 Å². The molecule has 4 aromatic rings. The maximum Gasteiger partial charge on any atom is 0.263 e. The predicted octanol–water partition coefficient (Wildman–Crippen LogP) is 4.07. The molecule has 1 atom stereocenters. The molecule has 0 bridgehead atoms. The van der Waals surface area contributed by atoms with E-state index in [0.29, 0.717) is 11.0 Å². The van der Waals surface area contributed by atoms with E-state index in [9.17, 15) is 9.59 Å². The Morgan fingerprint density at radius 3 is 2.35 bits per heavy atom. The number of fused-ring (bicyclic) bond motifs is 1. The number of hydrogen-bond donors (Lipinski definition) is 1. The van der Waals surface area contributed by atoms with Crippen LogP contribution in [0.15, 0.2) is 71.8 Å². The SMILES string of the molecule is Cc1c(C)n(-c2ccccc2)c2ncn(CCC(=O)N[C@H](C)c3ccccc3)c(=O)c12. The van der Waals surface area contributed by atoms with Crippen molar-refractivity contribution in [1.29, 1.82) is 0 Å². The maximum absolute atomic E-state index is 13.2. The molecule has 2 aromatic heterocycles. The minimum absolute atomic E-state index is 0.0872. The topological polar surface area (TPSA) is 68.9 Å². The number of para-hydroxylation sites is 1. The van der Waals surface area contributed by atoms with Gasteiger partial charge in [0.25, 0.3) is 5.56 Å². The molecule has 2 heterocycles. The summed E-state index contributed by atoms with van der Waals surface area (Å²) in [5.41, 5.74) is 4.43. The Bertz CT molecular complexity index is 1270. The standard InChI is InChI=1S/C25H26N4O2/c1-17-19(3)29(21-12-8-5-9-13-21)24-23(17)25(31)28(16-26-24)15-14-22(30)27-18(2)20-10-6-4-7-11-20/h4-13,16,18H,14-15H2,1-3H3,(H,27,30)/t18-/m1/s1. The molecule has 2 aromatic carbocycles. The predicted molar refractivity (Wildman–Crippen MR) is 122 cm³/mol. The van der Waals surface area contributed by atoms with Crippen LogP contribution in [0.3, 0.4) is 0 Å². The van der Waals surface area contributed by atoms with Crippen LogP contribution in [0.4, 0.5) is 0 Å². The van der Waals surface area contributed by atoms with Gasteiger partial charge in [0, 0.05) is 24.3 Å². The van der Waals surface area contributed by atoms with E-state index in [2.05, 4.69) is 10.3 Å². The third-order valence-electron chi connectivity index (χ3n) is 5.75. The van der Waals surface area contributed by atoms with Gasteiger partial charge in [-0.05, 0) is 44.0 Å². The van der Waals surface area contributed by atoms with Crippen molar-refractivity contribution in [3.63, 3.8) is 0 Å². The fraction of sp³-hybridized carbons (Fsp3) is 0.240. The number of hydrogen-bond acceptors (Lipinski definition) is 3. The molecule has 0 saturated heterocycles. The summed E-state index contributed by atoms with van der Waals surface area (Å²) in [7, 11) is 0. The summed E-state index contributed by atoms with van der Waals surface area (Å²) < 4.78 is 3.53. The number of rotatable bonds is 6. The van der Waals surface area contributed by atoms with Gasteiger partial charge < -0.3 is 5.32 Å². The summed E-state index contributed by atoms with van der Waals surface area (Å²) in [5, 5.41) is 3.59. The quantitative estimate of drug-likeness (QED) is 0.517. The van der Waals surface area contributed by atoms with Crippen molar-refractivity contribution >= 4 is 16.9 Å². The number of carbonyl (C=O) groups is 1. The number of nitrogens with one attached hydrogen (secondary N) is 1. The molecule has 0 aliphatic carbocycles. The van der Waals surface area contributed by atoms with Crippen molar-refractivity contribution in [3.8, 4) is 5.69 Å². The maximum atomic E-state index is 13.2. The molecule has 0 aliphatic rings. The van der Waals surface area contributed by atoms with Gasteiger partial charge in [-0.15, -0.1) is 0 Å². The number of amides is 1. The van der Waals surface area contributed by atoms with Crippen LogP contribution in [0.2, 0.25) is 0 Å². The number of aryl methyl sites for hydroxylation is 2. The normalized spacial score (nSPS) is 12.1. The van der Waals surface area contributed by atoms with Gasteiger partial charge in [0.05, 0.1) is 17.8 Å². The summed E-state index contributed by atoms with van der Waals surface area (Å²) >= 11 is 0. The van der Waals surface area contributed by atoms with Gasteiger partial charge in [-0.1, -0.05) is 48.5 Å². The molecule has 31 heavy (non-hydrogen) atoms. The zero-order valence-corrected chi connectivity index (χ0v) is 18.0. The van der Waals surface area contributed by atoms with E-state index in [-0.39, 0.29) is 30.5 Å². The van der Waals surface area contributed by atoms with Crippen molar-refractivity contribution in [2.75, 3.05) is 0 Å². The Kier molecular flexibility index (Phi) is 5.71. The fourth-order valence-corrected chi connectivity index (χ4v) is 3.90. The van der Waals surface area contributed by atoms with Gasteiger partial charge in [-0.25, -0.2) is 4.98 Å². The Labute approximate surface area is 181 Å². The molecular weight excluding hydrogens is 388 g/mol. The highest BCUT2D eigenvalue weighted by Crippen LogP contribution is 2.24. The van der Waals surface area contributed by atoms with Crippen molar-refractivity contribution in [3.05, 3.63) is 94.2 Å². The Morgan fingerprint density at radius 1 is 1.03 bits per heavy atom. The lowest BCUT2D eigenvalue weighted by atomic mass is 10.1. The summed E-state index contributed by atoms with van der Waals surface area (Å²) in [6.45, 7) is 6.17. The molecule has 158 valence electrons. The molecule has 6 heteroatoms. The first-order chi connectivity index (χ1) is 15.0. The summed E-state index contributed by atoms with van der Waals surface area (Å²) in [6.07, 6.45) is 1.75. The zero-order chi connectivity index (χ0) is 22.0. The van der Waals surface area contributed by atoms with Crippen LogP contribution in [0.25, 0.3) is 16.7 Å². The second-order valence-corrected chi connectivity index (χ2v) is 7.77. The average Bonchev–Trinajstić information content (AvgIpc) is 3.05. The molecule has 0 aliphatic heterocycles. The van der Waals surface area contributed by atoms with Gasteiger partial charge in [0.1, 0.15) is 0 Å². The van der Waals surface area contributed by atoms with E-state index in [1.54, 1.807) is 0 Å². The van der Waals surface area contributed by atoms with Crippen LogP contribution in [0, 0.1) is 13.8 Å². The smallest absolute Gasteiger partial charge is 0.263 e. The van der Waals surface area contributed by atoms with Gasteiger partial charge in [0.15, 0.2) is 5.65 Å². The van der Waals surface area contributed by atoms with Gasteiger partial charge >= 0.3 is 0 Å². The lowest BCUT2D eigenvalue weighted by Crippen LogP contribution is -2.29. The van der Waals surface area contributed by atoms with Crippen molar-refractivity contribution < 1.29 is 4.79 Å². The Balaban J connectivity index is 1.56. The van der Waals surface area contributed by atoms with Crippen LogP contribution in [-0.4, -0.2) is 20.0 Å². The second-order valence-electron chi connectivity index (χ2n) is 7.77. The molecule has 1 amide bonds. The third-order valence-corrected chi connectivity index (χ3v) is 5.75. The Hall–Kier alpha value is -3.67. The number of benzene rings is 2. The summed E-state index contributed by atoms with van der Waals surface area (Å²) in [6, 6.07) is 19.6. The molecule has 4 rings (SSSR count). The van der Waals surface area contributed by atoms with Crippen LogP contribution in [-0.2, 0) is 11.3 Å². The first-order valence-corrected chi connectivity index (χ1v) is 10.4. The van der Waals surface area contributed by atoms with E-state index in [0.717, 1.165) is 22.5 Å². The lowest BCUT2D eigenvalue weighted by molar-refractivity contribution is -0.121. The molecule has 0 radical (unpaired) electrons. The van der Waals surface area contributed by atoms with Gasteiger partial charge in [0.2, 0.25) is 5.91 Å². The van der Waals surface area contributed by atoms with E-state index in [1.807, 2.05) is 86.0 Å². The zero-order valence-electron chi connectivity index (χ0n) is 18.0. The lowest BCUT2D eigenvalue weighted by Gasteiger charge is -2.14. The molecule has 1 N–H and O–H groups in total. The minimum Gasteiger partial charge on any atom is -0.350 e. The van der Waals surface area contributed by atoms with E-state index < -0.39 is 0 Å². The largest absolute Gasteiger partial charge is 0.350 e. The van der Waals surface area contributed by atoms with E-state index in [4.69, 9.17) is 0 Å². The molecule has 0 unspecified atom stereocenters. The van der Waals surface area contributed by atoms with Crippen molar-refractivity contribution in [2.24, 2.45) is 0 Å². The van der Waals surface area contributed by atoms with Gasteiger partial charge in [-0.3, -0.25) is 18.7 Å². The molecule has 0 saturated carbocycles. The first kappa shape index (κ1) is 20.6. The van der Waals surface area contributed by atoms with Crippen molar-refractivity contribution in [2.45, 2.75) is 39.8 Å². The molecule has 0 spiro atoms. The number of carbonyl (C=O) groups excluding carboxylic acids is 1. The molecular formula is C25H26N4O2. The highest BCUT2D eigenvalue weighted by atomic mass is 16.2. The first-order valence-electron chi connectivity index (χ1n) is 10.4. The second kappa shape index (κ2) is 8.60. The van der Waals surface area contributed by atoms with Crippen LogP contribution < -0.4 is 10.9 Å². The average molecular weight is 415 g/mol. The van der Waals surface area contributed by atoms with E-state index >= 15 is 0 Å². The van der Waals surface area contributed by atoms with Crippen molar-refractivity contribution in [1.82, 2.24) is 19.4 Å². The van der Waals surface area contributed by atoms with Crippen LogP contribution in [0.1, 0.15) is 36.2 Å². The van der Waals surface area contributed by atoms with Crippen LogP contribution >= 0.6 is 0 Å². The number of nitrogens with zero attached hydrogens (tertiary/aromatic N) is 3. The van der Waals surface area contributed by atoms with Crippen LogP contribution in [0.5, 0.6) is 0 Å². The fourth-order valence-electron chi connectivity index (χ4n) is 3.90. The highest BCUT2D eigenvalue weighted by Gasteiger charge is 2.18. The molecule has 6 nitrogen and oxygen atoms in total. The molecule has 0 fully saturated rings. The Morgan fingerprint density at radius 2 is 1.68 bits per heavy atom. The summed E-state index contributed by atoms with van der Waals surface area (Å²) in [5.74, 6) is -0.0990.